The molecular weight excluding hydrogens is 430 g/mol. The summed E-state index contributed by atoms with van der Waals surface area (Å²) in [6, 6.07) is 7.82. The molecule has 11 heteroatoms. The van der Waals surface area contributed by atoms with Gasteiger partial charge in [0.25, 0.3) is 5.69 Å². The Morgan fingerprint density at radius 3 is 2.42 bits per heavy atom. The highest BCUT2D eigenvalue weighted by molar-refractivity contribution is 6.32. The summed E-state index contributed by atoms with van der Waals surface area (Å²) < 4.78 is 4.87. The molecule has 2 aromatic carbocycles. The molecule has 1 aliphatic heterocycles. The van der Waals surface area contributed by atoms with Crippen molar-refractivity contribution in [1.82, 2.24) is 5.32 Å². The number of nitrogens with zero attached hydrogens (tertiary/aromatic N) is 2. The lowest BCUT2D eigenvalue weighted by atomic mass is 9.94. The van der Waals surface area contributed by atoms with Crippen molar-refractivity contribution >= 4 is 40.9 Å². The number of methoxy groups -OCH3 is 1. The third kappa shape index (κ3) is 4.05. The van der Waals surface area contributed by atoms with E-state index < -0.39 is 28.9 Å². The zero-order valence-corrected chi connectivity index (χ0v) is 17.0. The standard InChI is InChI=1S/C20H16ClN3O7/c1-10-16(19(27)31-2)17(12-5-8-14(21)15(9-12)24(29)30)22-20(28)23(10)13-6-3-11(4-7-13)18(25)26/h3-9,17H,1-2H3,(H,22,28)(H,25,26)/t17-/m1/s1. The van der Waals surface area contributed by atoms with Crippen molar-refractivity contribution in [2.45, 2.75) is 13.0 Å². The first-order chi connectivity index (χ1) is 14.6. The first kappa shape index (κ1) is 21.8. The Morgan fingerprint density at radius 2 is 1.87 bits per heavy atom. The van der Waals surface area contributed by atoms with E-state index in [2.05, 4.69) is 5.32 Å². The summed E-state index contributed by atoms with van der Waals surface area (Å²) in [5.41, 5.74) is 0.527. The molecule has 3 rings (SSSR count). The van der Waals surface area contributed by atoms with E-state index in [0.29, 0.717) is 5.69 Å². The van der Waals surface area contributed by atoms with E-state index in [-0.39, 0.29) is 33.1 Å². The number of carboxylic acids is 1. The lowest BCUT2D eigenvalue weighted by Crippen LogP contribution is -2.48. The van der Waals surface area contributed by atoms with Crippen molar-refractivity contribution in [3.63, 3.8) is 0 Å². The predicted octanol–water partition coefficient (Wildman–Crippen LogP) is 3.66. The number of rotatable bonds is 5. The van der Waals surface area contributed by atoms with Crippen molar-refractivity contribution < 1.29 is 29.2 Å². The number of urea groups is 1. The number of hydrogen-bond donors (Lipinski definition) is 2. The number of carbonyl (C=O) groups is 3. The molecule has 0 spiro atoms. The van der Waals surface area contributed by atoms with Gasteiger partial charge in [0.2, 0.25) is 0 Å². The average Bonchev–Trinajstić information content (AvgIpc) is 2.73. The lowest BCUT2D eigenvalue weighted by molar-refractivity contribution is -0.384. The Hall–Kier alpha value is -3.92. The van der Waals surface area contributed by atoms with Crippen LogP contribution in [0, 0.1) is 10.1 Å². The number of anilines is 1. The van der Waals surface area contributed by atoms with Crippen LogP contribution in [-0.2, 0) is 9.53 Å². The highest BCUT2D eigenvalue weighted by Gasteiger charge is 2.37. The van der Waals surface area contributed by atoms with E-state index in [4.69, 9.17) is 21.4 Å². The van der Waals surface area contributed by atoms with E-state index in [1.807, 2.05) is 0 Å². The van der Waals surface area contributed by atoms with Gasteiger partial charge >= 0.3 is 18.0 Å². The van der Waals surface area contributed by atoms with Gasteiger partial charge in [0.15, 0.2) is 0 Å². The number of benzene rings is 2. The van der Waals surface area contributed by atoms with Crippen LogP contribution in [0.25, 0.3) is 0 Å². The molecule has 0 bridgehead atoms. The molecule has 0 radical (unpaired) electrons. The van der Waals surface area contributed by atoms with Crippen LogP contribution in [0.1, 0.15) is 28.9 Å². The smallest absolute Gasteiger partial charge is 0.337 e. The average molecular weight is 446 g/mol. The maximum absolute atomic E-state index is 12.9. The topological polar surface area (TPSA) is 139 Å². The first-order valence-corrected chi connectivity index (χ1v) is 9.20. The van der Waals surface area contributed by atoms with Crippen molar-refractivity contribution in [1.29, 1.82) is 0 Å². The van der Waals surface area contributed by atoms with Gasteiger partial charge in [-0.05, 0) is 42.8 Å². The summed E-state index contributed by atoms with van der Waals surface area (Å²) in [7, 11) is 1.17. The Bertz CT molecular complexity index is 1130. The van der Waals surface area contributed by atoms with Gasteiger partial charge in [-0.15, -0.1) is 0 Å². The fourth-order valence-corrected chi connectivity index (χ4v) is 3.47. The molecule has 1 aliphatic rings. The molecule has 1 heterocycles. The number of aromatic carboxylic acids is 1. The SMILES string of the molecule is COC(=O)C1=C(C)N(c2ccc(C(=O)O)cc2)C(=O)N[C@@H]1c1ccc(Cl)c([N+](=O)[O-])c1. The molecule has 2 N–H and O–H groups in total. The van der Waals surface area contributed by atoms with Crippen LogP contribution in [0.3, 0.4) is 0 Å². The van der Waals surface area contributed by atoms with Crippen molar-refractivity contribution in [2.24, 2.45) is 0 Å². The van der Waals surface area contributed by atoms with Crippen LogP contribution < -0.4 is 10.2 Å². The molecule has 10 nitrogen and oxygen atoms in total. The summed E-state index contributed by atoms with van der Waals surface area (Å²) in [6.07, 6.45) is 0. The van der Waals surface area contributed by atoms with Crippen LogP contribution in [0.5, 0.6) is 0 Å². The normalized spacial score (nSPS) is 16.0. The predicted molar refractivity (Wildman–Crippen MR) is 110 cm³/mol. The molecule has 0 saturated heterocycles. The minimum atomic E-state index is -1.12. The van der Waals surface area contributed by atoms with Crippen LogP contribution in [0.15, 0.2) is 53.7 Å². The highest BCUT2D eigenvalue weighted by atomic mass is 35.5. The second-order valence-electron chi connectivity index (χ2n) is 6.53. The number of nitrogens with one attached hydrogen (secondary N) is 1. The van der Waals surface area contributed by atoms with Crippen LogP contribution in [0.2, 0.25) is 5.02 Å². The van der Waals surface area contributed by atoms with Crippen molar-refractivity contribution in [2.75, 3.05) is 12.0 Å². The molecule has 31 heavy (non-hydrogen) atoms. The van der Waals surface area contributed by atoms with Crippen molar-refractivity contribution in [3.8, 4) is 0 Å². The summed E-state index contributed by atoms with van der Waals surface area (Å²) in [6.45, 7) is 1.52. The van der Waals surface area contributed by atoms with E-state index in [1.54, 1.807) is 0 Å². The molecular formula is C20H16ClN3O7. The summed E-state index contributed by atoms with van der Waals surface area (Å²) in [5, 5.41) is 22.9. The molecule has 160 valence electrons. The molecule has 0 unspecified atom stereocenters. The quantitative estimate of drug-likeness (QED) is 0.406. The summed E-state index contributed by atoms with van der Waals surface area (Å²) in [5.74, 6) is -1.87. The number of halogens is 1. The minimum absolute atomic E-state index is 0.0299. The zero-order valence-electron chi connectivity index (χ0n) is 16.3. The Balaban J connectivity index is 2.13. The molecule has 2 amide bonds. The maximum Gasteiger partial charge on any atom is 0.337 e. The third-order valence-corrected chi connectivity index (χ3v) is 5.08. The molecule has 1 atom stereocenters. The van der Waals surface area contributed by atoms with E-state index in [1.165, 1.54) is 61.4 Å². The van der Waals surface area contributed by atoms with Gasteiger partial charge < -0.3 is 15.2 Å². The summed E-state index contributed by atoms with van der Waals surface area (Å²) >= 11 is 5.87. The number of allylic oxidation sites excluding steroid dienone is 1. The van der Waals surface area contributed by atoms with Gasteiger partial charge in [0.05, 0.1) is 34.9 Å². The van der Waals surface area contributed by atoms with E-state index >= 15 is 0 Å². The number of carbonyl (C=O) groups excluding carboxylic acids is 2. The van der Waals surface area contributed by atoms with Crippen LogP contribution in [0.4, 0.5) is 16.2 Å². The van der Waals surface area contributed by atoms with E-state index in [9.17, 15) is 24.5 Å². The molecule has 0 aliphatic carbocycles. The van der Waals surface area contributed by atoms with Gasteiger partial charge in [-0.2, -0.15) is 0 Å². The van der Waals surface area contributed by atoms with Crippen LogP contribution in [-0.4, -0.2) is 35.1 Å². The van der Waals surface area contributed by atoms with Crippen molar-refractivity contribution in [3.05, 3.63) is 80.0 Å². The molecule has 0 fully saturated rings. The lowest BCUT2D eigenvalue weighted by Gasteiger charge is -2.35. The van der Waals surface area contributed by atoms with Gasteiger partial charge in [-0.3, -0.25) is 15.0 Å². The van der Waals surface area contributed by atoms with E-state index in [0.717, 1.165) is 0 Å². The van der Waals surface area contributed by atoms with Crippen LogP contribution >= 0.6 is 11.6 Å². The second-order valence-corrected chi connectivity index (χ2v) is 6.94. The number of esters is 1. The number of nitro groups is 1. The first-order valence-electron chi connectivity index (χ1n) is 8.82. The Kier molecular flexibility index (Phi) is 5.93. The highest BCUT2D eigenvalue weighted by Crippen LogP contribution is 2.36. The fraction of sp³-hybridized carbons (Fsp3) is 0.150. The second kappa shape index (κ2) is 8.44. The third-order valence-electron chi connectivity index (χ3n) is 4.76. The van der Waals surface area contributed by atoms with Gasteiger partial charge in [0.1, 0.15) is 5.02 Å². The minimum Gasteiger partial charge on any atom is -0.478 e. The number of carboxylic acid groups (broad SMARTS) is 1. The van der Waals surface area contributed by atoms with Gasteiger partial charge in [-0.25, -0.2) is 14.4 Å². The Morgan fingerprint density at radius 1 is 1.23 bits per heavy atom. The largest absolute Gasteiger partial charge is 0.478 e. The number of hydrogen-bond acceptors (Lipinski definition) is 6. The number of nitro benzene ring substituents is 1. The Labute approximate surface area is 180 Å². The number of ether oxygens (including phenoxy) is 1. The fourth-order valence-electron chi connectivity index (χ4n) is 3.28. The monoisotopic (exact) mass is 445 g/mol. The number of amides is 2. The molecule has 2 aromatic rings. The van der Waals surface area contributed by atoms with Gasteiger partial charge in [0, 0.05) is 11.8 Å². The summed E-state index contributed by atoms with van der Waals surface area (Å²) in [4.78, 5) is 48.3. The molecule has 0 aromatic heterocycles. The van der Waals surface area contributed by atoms with Gasteiger partial charge in [-0.1, -0.05) is 17.7 Å². The zero-order chi connectivity index (χ0) is 22.9. The maximum atomic E-state index is 12.9. The molecule has 0 saturated carbocycles.